The molecule has 1 fully saturated rings. The quantitative estimate of drug-likeness (QED) is 0.404. The summed E-state index contributed by atoms with van der Waals surface area (Å²) in [7, 11) is -1.21. The van der Waals surface area contributed by atoms with Crippen molar-refractivity contribution in [1.29, 1.82) is 5.26 Å². The van der Waals surface area contributed by atoms with Crippen LogP contribution in [-0.4, -0.2) is 24.9 Å². The molecule has 0 aliphatic heterocycles. The molecule has 1 rings (SSSR count). The van der Waals surface area contributed by atoms with Gasteiger partial charge < -0.3 is 0 Å². The predicted molar refractivity (Wildman–Crippen MR) is 57.9 cm³/mol. The van der Waals surface area contributed by atoms with E-state index in [1.807, 2.05) is 6.19 Å². The summed E-state index contributed by atoms with van der Waals surface area (Å²) >= 11 is 0. The SMILES string of the molecule is C[Si](C)(C)C[CH]C(=O)N(C#N)C1CC1. The van der Waals surface area contributed by atoms with E-state index in [0.717, 1.165) is 18.9 Å². The van der Waals surface area contributed by atoms with Gasteiger partial charge in [-0.1, -0.05) is 19.6 Å². The van der Waals surface area contributed by atoms with Crippen molar-refractivity contribution in [2.75, 3.05) is 0 Å². The number of nitrogens with zero attached hydrogens (tertiary/aromatic N) is 2. The fourth-order valence-electron chi connectivity index (χ4n) is 1.14. The van der Waals surface area contributed by atoms with Crippen molar-refractivity contribution in [2.24, 2.45) is 0 Å². The number of rotatable bonds is 4. The first-order chi connectivity index (χ1) is 6.44. The lowest BCUT2D eigenvalue weighted by Crippen LogP contribution is -2.31. The summed E-state index contributed by atoms with van der Waals surface area (Å²) in [6.07, 6.45) is 5.63. The molecule has 1 aliphatic carbocycles. The summed E-state index contributed by atoms with van der Waals surface area (Å²) in [5.41, 5.74) is 0. The second-order valence-corrected chi connectivity index (χ2v) is 10.5. The second-order valence-electron chi connectivity index (χ2n) is 5.01. The Morgan fingerprint density at radius 2 is 2.14 bits per heavy atom. The Bertz CT molecular complexity index is 260. The fraction of sp³-hybridized carbons (Fsp3) is 0.700. The maximum absolute atomic E-state index is 11.6. The zero-order chi connectivity index (χ0) is 10.8. The summed E-state index contributed by atoms with van der Waals surface area (Å²) in [5, 5.41) is 8.78. The van der Waals surface area contributed by atoms with Crippen molar-refractivity contribution in [3.63, 3.8) is 0 Å². The highest BCUT2D eigenvalue weighted by Crippen LogP contribution is 2.27. The fourth-order valence-corrected chi connectivity index (χ4v) is 1.92. The van der Waals surface area contributed by atoms with Gasteiger partial charge in [0.05, 0.1) is 0 Å². The third-order valence-corrected chi connectivity index (χ3v) is 3.58. The number of amides is 1. The van der Waals surface area contributed by atoms with Crippen LogP contribution in [0.2, 0.25) is 25.7 Å². The van der Waals surface area contributed by atoms with Gasteiger partial charge in [-0.25, -0.2) is 4.90 Å². The van der Waals surface area contributed by atoms with E-state index in [1.165, 1.54) is 4.90 Å². The molecule has 1 saturated carbocycles. The van der Waals surface area contributed by atoms with Crippen LogP contribution in [0, 0.1) is 17.9 Å². The summed E-state index contributed by atoms with van der Waals surface area (Å²) in [5.74, 6) is -0.0996. The van der Waals surface area contributed by atoms with Crippen molar-refractivity contribution < 1.29 is 4.79 Å². The van der Waals surface area contributed by atoms with E-state index in [-0.39, 0.29) is 11.9 Å². The minimum Gasteiger partial charge on any atom is -0.273 e. The molecule has 0 heterocycles. The molecule has 0 spiro atoms. The van der Waals surface area contributed by atoms with Crippen LogP contribution < -0.4 is 0 Å². The lowest BCUT2D eigenvalue weighted by atomic mass is 10.4. The van der Waals surface area contributed by atoms with Crippen molar-refractivity contribution in [3.8, 4) is 6.19 Å². The van der Waals surface area contributed by atoms with E-state index in [0.29, 0.717) is 0 Å². The van der Waals surface area contributed by atoms with Gasteiger partial charge in [-0.15, -0.1) is 0 Å². The first-order valence-electron chi connectivity index (χ1n) is 5.00. The maximum atomic E-state index is 11.6. The summed E-state index contributed by atoms with van der Waals surface area (Å²) in [4.78, 5) is 12.9. The summed E-state index contributed by atoms with van der Waals surface area (Å²) in [6.45, 7) is 6.64. The normalized spacial score (nSPS) is 16.1. The number of hydrogen-bond acceptors (Lipinski definition) is 2. The highest BCUT2D eigenvalue weighted by atomic mass is 28.3. The minimum absolute atomic E-state index is 0.0996. The topological polar surface area (TPSA) is 44.1 Å². The number of nitriles is 1. The van der Waals surface area contributed by atoms with Gasteiger partial charge in [0.25, 0.3) is 0 Å². The van der Waals surface area contributed by atoms with Gasteiger partial charge in [-0.2, -0.15) is 5.26 Å². The van der Waals surface area contributed by atoms with Gasteiger partial charge >= 0.3 is 0 Å². The third kappa shape index (κ3) is 3.50. The van der Waals surface area contributed by atoms with Crippen LogP contribution in [0.15, 0.2) is 0 Å². The van der Waals surface area contributed by atoms with Crippen molar-refractivity contribution in [2.45, 2.75) is 44.6 Å². The highest BCUT2D eigenvalue weighted by molar-refractivity contribution is 6.76. The van der Waals surface area contributed by atoms with E-state index in [9.17, 15) is 4.79 Å². The lowest BCUT2D eigenvalue weighted by Gasteiger charge is -2.17. The molecule has 0 aromatic heterocycles. The molecule has 14 heavy (non-hydrogen) atoms. The summed E-state index contributed by atoms with van der Waals surface area (Å²) < 4.78 is 0. The van der Waals surface area contributed by atoms with Crippen LogP contribution in [0.1, 0.15) is 12.8 Å². The standard InChI is InChI=1S/C10H17N2OSi/c1-14(2,3)7-6-10(13)12(8-11)9-4-5-9/h6,9H,4-5,7H2,1-3H3. The monoisotopic (exact) mass is 209 g/mol. The average molecular weight is 209 g/mol. The van der Waals surface area contributed by atoms with Crippen molar-refractivity contribution in [3.05, 3.63) is 6.42 Å². The van der Waals surface area contributed by atoms with Crippen molar-refractivity contribution >= 4 is 14.0 Å². The number of carbonyl (C=O) groups excluding carboxylic acids is 1. The first kappa shape index (κ1) is 11.3. The molecule has 0 aromatic rings. The van der Waals surface area contributed by atoms with Crippen LogP contribution in [0.3, 0.4) is 0 Å². The Morgan fingerprint density at radius 3 is 2.50 bits per heavy atom. The Kier molecular flexibility index (Phi) is 3.32. The van der Waals surface area contributed by atoms with Gasteiger partial charge in [0.1, 0.15) is 0 Å². The molecule has 4 heteroatoms. The van der Waals surface area contributed by atoms with E-state index in [2.05, 4.69) is 19.6 Å². The van der Waals surface area contributed by atoms with Gasteiger partial charge in [-0.3, -0.25) is 4.79 Å². The molecule has 3 nitrogen and oxygen atoms in total. The molecule has 0 aromatic carbocycles. The van der Waals surface area contributed by atoms with Crippen LogP contribution in [-0.2, 0) is 4.79 Å². The Hall–Kier alpha value is -0.823. The van der Waals surface area contributed by atoms with Gasteiger partial charge in [0.15, 0.2) is 6.19 Å². The largest absolute Gasteiger partial charge is 0.273 e. The van der Waals surface area contributed by atoms with Crippen LogP contribution in [0.4, 0.5) is 0 Å². The van der Waals surface area contributed by atoms with E-state index >= 15 is 0 Å². The van der Waals surface area contributed by atoms with Crippen LogP contribution in [0.5, 0.6) is 0 Å². The molecule has 0 atom stereocenters. The molecule has 1 aliphatic rings. The molecular weight excluding hydrogens is 192 g/mol. The molecular formula is C10H17N2OSi. The molecule has 77 valence electrons. The van der Waals surface area contributed by atoms with Crippen LogP contribution >= 0.6 is 0 Å². The Labute approximate surface area is 86.7 Å². The zero-order valence-electron chi connectivity index (χ0n) is 9.08. The summed E-state index contributed by atoms with van der Waals surface area (Å²) in [6, 6.07) is 1.06. The number of carbonyl (C=O) groups is 1. The first-order valence-corrected chi connectivity index (χ1v) is 8.71. The second kappa shape index (κ2) is 4.14. The van der Waals surface area contributed by atoms with Gasteiger partial charge in [-0.05, 0) is 18.9 Å². The Balaban J connectivity index is 2.37. The minimum atomic E-state index is -1.21. The maximum Gasteiger partial charge on any atom is 0.239 e. The smallest absolute Gasteiger partial charge is 0.239 e. The third-order valence-electron chi connectivity index (χ3n) is 2.15. The molecule has 0 saturated heterocycles. The average Bonchev–Trinajstić information content (AvgIpc) is 2.85. The van der Waals surface area contributed by atoms with E-state index in [1.54, 1.807) is 6.42 Å². The molecule has 0 unspecified atom stereocenters. The number of hydrogen-bond donors (Lipinski definition) is 0. The van der Waals surface area contributed by atoms with Crippen molar-refractivity contribution in [1.82, 2.24) is 4.90 Å². The Morgan fingerprint density at radius 1 is 1.57 bits per heavy atom. The van der Waals surface area contributed by atoms with Crippen LogP contribution in [0.25, 0.3) is 0 Å². The van der Waals surface area contributed by atoms with Gasteiger partial charge in [0, 0.05) is 20.5 Å². The highest BCUT2D eigenvalue weighted by Gasteiger charge is 2.33. The van der Waals surface area contributed by atoms with E-state index < -0.39 is 8.07 Å². The van der Waals surface area contributed by atoms with Gasteiger partial charge in [0.2, 0.25) is 5.91 Å². The zero-order valence-corrected chi connectivity index (χ0v) is 10.1. The molecule has 1 radical (unpaired) electrons. The van der Waals surface area contributed by atoms with E-state index in [4.69, 9.17) is 5.26 Å². The predicted octanol–water partition coefficient (Wildman–Crippen LogP) is 2.00. The molecule has 1 amide bonds. The molecule has 0 bridgehead atoms. The lowest BCUT2D eigenvalue weighted by molar-refractivity contribution is -0.124. The molecule has 0 N–H and O–H groups in total.